The summed E-state index contributed by atoms with van der Waals surface area (Å²) < 4.78 is 28.5. The fourth-order valence-electron chi connectivity index (χ4n) is 3.99. The Morgan fingerprint density at radius 2 is 1.45 bits per heavy atom. The molecule has 0 saturated heterocycles. The van der Waals surface area contributed by atoms with Gasteiger partial charge < -0.3 is 10.2 Å². The van der Waals surface area contributed by atoms with Crippen molar-refractivity contribution in [2.24, 2.45) is 0 Å². The first-order valence-electron chi connectivity index (χ1n) is 12.6. The quantitative estimate of drug-likeness (QED) is 0.330. The van der Waals surface area contributed by atoms with Crippen molar-refractivity contribution >= 4 is 39.1 Å². The second-order valence-corrected chi connectivity index (χ2v) is 11.3. The SMILES string of the molecule is CC[C@H](C(=O)N[C@@H](C)CC)N(Cc1ccc(Cl)cc1)C(=O)CN(c1ccccc1)S(=O)(=O)c1ccccc1. The Balaban J connectivity index is 2.01. The molecular formula is C29H34ClN3O4S. The van der Waals surface area contributed by atoms with E-state index in [1.54, 1.807) is 72.8 Å². The molecule has 0 unspecified atom stereocenters. The number of amides is 2. The number of sulfonamides is 1. The molecule has 9 heteroatoms. The van der Waals surface area contributed by atoms with Crippen molar-refractivity contribution in [3.8, 4) is 0 Å². The van der Waals surface area contributed by atoms with Crippen molar-refractivity contribution in [2.75, 3.05) is 10.8 Å². The lowest BCUT2D eigenvalue weighted by atomic mass is 10.1. The third kappa shape index (κ3) is 7.36. The third-order valence-electron chi connectivity index (χ3n) is 6.31. The molecule has 2 amide bonds. The molecule has 3 aromatic carbocycles. The number of nitrogens with zero attached hydrogens (tertiary/aromatic N) is 2. The summed E-state index contributed by atoms with van der Waals surface area (Å²) in [7, 11) is -4.07. The smallest absolute Gasteiger partial charge is 0.264 e. The lowest BCUT2D eigenvalue weighted by molar-refractivity contribution is -0.140. The zero-order valence-electron chi connectivity index (χ0n) is 21.9. The van der Waals surface area contributed by atoms with E-state index >= 15 is 0 Å². The van der Waals surface area contributed by atoms with Crippen molar-refractivity contribution < 1.29 is 18.0 Å². The number of halogens is 1. The van der Waals surface area contributed by atoms with Crippen molar-refractivity contribution in [1.82, 2.24) is 10.2 Å². The lowest BCUT2D eigenvalue weighted by Crippen LogP contribution is -2.53. The molecule has 0 aliphatic rings. The highest BCUT2D eigenvalue weighted by molar-refractivity contribution is 7.92. The molecule has 0 saturated carbocycles. The van der Waals surface area contributed by atoms with Gasteiger partial charge in [0.2, 0.25) is 11.8 Å². The number of carbonyl (C=O) groups excluding carboxylic acids is 2. The molecule has 3 aromatic rings. The molecule has 2 atom stereocenters. The molecule has 0 aliphatic carbocycles. The lowest BCUT2D eigenvalue weighted by Gasteiger charge is -2.33. The minimum Gasteiger partial charge on any atom is -0.352 e. The summed E-state index contributed by atoms with van der Waals surface area (Å²) in [5.41, 5.74) is 1.13. The Bertz CT molecular complexity index is 1300. The maximum Gasteiger partial charge on any atom is 0.264 e. The first-order chi connectivity index (χ1) is 18.2. The van der Waals surface area contributed by atoms with Crippen molar-refractivity contribution in [1.29, 1.82) is 0 Å². The van der Waals surface area contributed by atoms with Gasteiger partial charge >= 0.3 is 0 Å². The van der Waals surface area contributed by atoms with Gasteiger partial charge in [-0.3, -0.25) is 13.9 Å². The summed E-state index contributed by atoms with van der Waals surface area (Å²) in [6.07, 6.45) is 1.10. The second kappa shape index (κ2) is 13.4. The van der Waals surface area contributed by atoms with E-state index in [4.69, 9.17) is 11.6 Å². The monoisotopic (exact) mass is 555 g/mol. The standard InChI is InChI=1S/C29H34ClN3O4S/c1-4-22(3)31-29(35)27(5-2)32(20-23-16-18-24(30)19-17-23)28(34)21-33(25-12-8-6-9-13-25)38(36,37)26-14-10-7-11-15-26/h6-19,22,27H,4-5,20-21H2,1-3H3,(H,31,35)/t22-,27+/m0/s1. The predicted molar refractivity (Wildman–Crippen MR) is 151 cm³/mol. The summed E-state index contributed by atoms with van der Waals surface area (Å²) in [6, 6.07) is 22.6. The van der Waals surface area contributed by atoms with E-state index in [0.29, 0.717) is 17.1 Å². The van der Waals surface area contributed by atoms with Crippen LogP contribution in [0.15, 0.2) is 89.8 Å². The van der Waals surface area contributed by atoms with Crippen LogP contribution in [0.25, 0.3) is 0 Å². The highest BCUT2D eigenvalue weighted by Crippen LogP contribution is 2.24. The zero-order valence-corrected chi connectivity index (χ0v) is 23.5. The predicted octanol–water partition coefficient (Wildman–Crippen LogP) is 5.26. The minimum atomic E-state index is -4.07. The van der Waals surface area contributed by atoms with Gasteiger partial charge in [-0.1, -0.05) is 74.0 Å². The van der Waals surface area contributed by atoms with Crippen LogP contribution in [0.2, 0.25) is 5.02 Å². The molecule has 3 rings (SSSR count). The molecular weight excluding hydrogens is 522 g/mol. The molecule has 0 bridgehead atoms. The molecule has 7 nitrogen and oxygen atoms in total. The van der Waals surface area contributed by atoms with E-state index in [-0.39, 0.29) is 23.4 Å². The number of nitrogens with one attached hydrogen (secondary N) is 1. The average molecular weight is 556 g/mol. The van der Waals surface area contributed by atoms with Crippen molar-refractivity contribution in [3.05, 3.63) is 95.5 Å². The second-order valence-electron chi connectivity index (χ2n) is 9.05. The Labute approximate surface area is 230 Å². The van der Waals surface area contributed by atoms with Crippen LogP contribution in [0.3, 0.4) is 0 Å². The van der Waals surface area contributed by atoms with Crippen LogP contribution >= 0.6 is 11.6 Å². The molecule has 38 heavy (non-hydrogen) atoms. The molecule has 0 aromatic heterocycles. The van der Waals surface area contributed by atoms with Crippen LogP contribution in [0, 0.1) is 0 Å². The number of anilines is 1. The largest absolute Gasteiger partial charge is 0.352 e. The van der Waals surface area contributed by atoms with Gasteiger partial charge in [0.25, 0.3) is 10.0 Å². The number of rotatable bonds is 12. The molecule has 1 N–H and O–H groups in total. The van der Waals surface area contributed by atoms with Gasteiger partial charge in [-0.2, -0.15) is 0 Å². The van der Waals surface area contributed by atoms with Crippen molar-refractivity contribution in [3.63, 3.8) is 0 Å². The van der Waals surface area contributed by atoms with E-state index in [2.05, 4.69) is 5.32 Å². The van der Waals surface area contributed by atoms with Crippen LogP contribution in [0.4, 0.5) is 5.69 Å². The Morgan fingerprint density at radius 3 is 2.00 bits per heavy atom. The Hall–Kier alpha value is -3.36. The molecule has 0 spiro atoms. The number of carbonyl (C=O) groups is 2. The van der Waals surface area contributed by atoms with Crippen molar-refractivity contribution in [2.45, 2.75) is 57.1 Å². The first kappa shape index (κ1) is 29.2. The van der Waals surface area contributed by atoms with Crippen LogP contribution in [0.5, 0.6) is 0 Å². The fourth-order valence-corrected chi connectivity index (χ4v) is 5.55. The van der Waals surface area contributed by atoms with E-state index in [9.17, 15) is 18.0 Å². The molecule has 0 fully saturated rings. The number of hydrogen-bond donors (Lipinski definition) is 1. The van der Waals surface area contributed by atoms with Gasteiger partial charge in [0, 0.05) is 17.6 Å². The van der Waals surface area contributed by atoms with Gasteiger partial charge in [0.15, 0.2) is 0 Å². The topological polar surface area (TPSA) is 86.8 Å². The zero-order chi connectivity index (χ0) is 27.7. The normalized spacial score (nSPS) is 12.8. The third-order valence-corrected chi connectivity index (χ3v) is 8.35. The highest BCUT2D eigenvalue weighted by atomic mass is 35.5. The summed E-state index contributed by atoms with van der Waals surface area (Å²) in [4.78, 5) is 28.7. The Kier molecular flexibility index (Phi) is 10.3. The van der Waals surface area contributed by atoms with E-state index in [1.165, 1.54) is 17.0 Å². The number of benzene rings is 3. The molecule has 0 heterocycles. The number of para-hydroxylation sites is 1. The Morgan fingerprint density at radius 1 is 0.868 bits per heavy atom. The summed E-state index contributed by atoms with van der Waals surface area (Å²) in [5.74, 6) is -0.768. The molecule has 0 radical (unpaired) electrons. The molecule has 0 aliphatic heterocycles. The van der Waals surface area contributed by atoms with Crippen LogP contribution in [-0.2, 0) is 26.2 Å². The minimum absolute atomic E-state index is 0.0664. The van der Waals surface area contributed by atoms with Gasteiger partial charge in [-0.15, -0.1) is 0 Å². The fraction of sp³-hybridized carbons (Fsp3) is 0.310. The summed E-state index contributed by atoms with van der Waals surface area (Å²) in [6.45, 7) is 5.35. The first-order valence-corrected chi connectivity index (χ1v) is 14.5. The maximum atomic E-state index is 14.0. The summed E-state index contributed by atoms with van der Waals surface area (Å²) in [5, 5.41) is 3.52. The van der Waals surface area contributed by atoms with E-state index in [0.717, 1.165) is 16.3 Å². The highest BCUT2D eigenvalue weighted by Gasteiger charge is 2.33. The van der Waals surface area contributed by atoms with Crippen LogP contribution in [0.1, 0.15) is 39.2 Å². The average Bonchev–Trinajstić information content (AvgIpc) is 2.93. The van der Waals surface area contributed by atoms with Gasteiger partial charge in [-0.05, 0) is 61.7 Å². The number of hydrogen-bond acceptors (Lipinski definition) is 4. The van der Waals surface area contributed by atoms with E-state index < -0.39 is 28.5 Å². The van der Waals surface area contributed by atoms with Crippen LogP contribution < -0.4 is 9.62 Å². The van der Waals surface area contributed by atoms with Gasteiger partial charge in [0.1, 0.15) is 12.6 Å². The van der Waals surface area contributed by atoms with Crippen LogP contribution in [-0.4, -0.2) is 43.8 Å². The van der Waals surface area contributed by atoms with Gasteiger partial charge in [0.05, 0.1) is 10.6 Å². The van der Waals surface area contributed by atoms with Gasteiger partial charge in [-0.25, -0.2) is 8.42 Å². The molecule has 202 valence electrons. The van der Waals surface area contributed by atoms with E-state index in [1.807, 2.05) is 20.8 Å². The maximum absolute atomic E-state index is 14.0. The summed E-state index contributed by atoms with van der Waals surface area (Å²) >= 11 is 6.05.